The van der Waals surface area contributed by atoms with Crippen LogP contribution >= 0.6 is 23.5 Å². The second-order valence-electron chi connectivity index (χ2n) is 4.97. The number of rotatable bonds is 5. The van der Waals surface area contributed by atoms with Crippen LogP contribution in [0.1, 0.15) is 15.9 Å². The van der Waals surface area contributed by atoms with Gasteiger partial charge < -0.3 is 0 Å². The fourth-order valence-electron chi connectivity index (χ4n) is 2.26. The van der Waals surface area contributed by atoms with Gasteiger partial charge in [-0.25, -0.2) is 0 Å². The number of ketones is 1. The molecular formula is C20H16OS2. The molecule has 0 fully saturated rings. The molecule has 3 aromatic carbocycles. The van der Waals surface area contributed by atoms with E-state index in [9.17, 15) is 4.79 Å². The number of thioether (sulfide) groups is 1. The van der Waals surface area contributed by atoms with Crippen LogP contribution in [-0.4, -0.2) is 12.0 Å². The number of hydrogen-bond acceptors (Lipinski definition) is 3. The SMILES string of the molecule is CSc1ccc(C(=O)c2ccccc2)c(Sc2ccccc2)c1. The molecule has 0 heterocycles. The van der Waals surface area contributed by atoms with E-state index >= 15 is 0 Å². The number of benzene rings is 3. The van der Waals surface area contributed by atoms with Crippen molar-refractivity contribution in [3.8, 4) is 0 Å². The Bertz CT molecular complexity index is 798. The summed E-state index contributed by atoms with van der Waals surface area (Å²) in [4.78, 5) is 16.1. The highest BCUT2D eigenvalue weighted by molar-refractivity contribution is 8.00. The van der Waals surface area contributed by atoms with Crippen LogP contribution < -0.4 is 0 Å². The molecule has 0 saturated heterocycles. The molecule has 114 valence electrons. The van der Waals surface area contributed by atoms with Crippen LogP contribution in [-0.2, 0) is 0 Å². The highest BCUT2D eigenvalue weighted by Crippen LogP contribution is 2.34. The van der Waals surface area contributed by atoms with Gasteiger partial charge >= 0.3 is 0 Å². The molecule has 23 heavy (non-hydrogen) atoms. The Kier molecular flexibility index (Phi) is 5.21. The van der Waals surface area contributed by atoms with E-state index in [0.29, 0.717) is 0 Å². The van der Waals surface area contributed by atoms with Crippen molar-refractivity contribution in [3.05, 3.63) is 90.0 Å². The Morgan fingerprint density at radius 2 is 1.43 bits per heavy atom. The van der Waals surface area contributed by atoms with Gasteiger partial charge in [0.1, 0.15) is 0 Å². The summed E-state index contributed by atoms with van der Waals surface area (Å²) in [6, 6.07) is 25.6. The highest BCUT2D eigenvalue weighted by atomic mass is 32.2. The lowest BCUT2D eigenvalue weighted by Gasteiger charge is -2.10. The monoisotopic (exact) mass is 336 g/mol. The van der Waals surface area contributed by atoms with Crippen LogP contribution in [0.3, 0.4) is 0 Å². The van der Waals surface area contributed by atoms with Gasteiger partial charge in [0.15, 0.2) is 5.78 Å². The van der Waals surface area contributed by atoms with Crippen molar-refractivity contribution in [3.63, 3.8) is 0 Å². The Morgan fingerprint density at radius 1 is 0.783 bits per heavy atom. The van der Waals surface area contributed by atoms with Gasteiger partial charge in [-0.1, -0.05) is 60.3 Å². The summed E-state index contributed by atoms with van der Waals surface area (Å²) in [5.41, 5.74) is 1.47. The fourth-order valence-corrected chi connectivity index (χ4v) is 3.78. The van der Waals surface area contributed by atoms with E-state index in [-0.39, 0.29) is 5.78 Å². The van der Waals surface area contributed by atoms with E-state index in [1.165, 1.54) is 0 Å². The Labute approximate surface area is 145 Å². The summed E-state index contributed by atoms with van der Waals surface area (Å²) in [5.74, 6) is 0.0664. The quantitative estimate of drug-likeness (QED) is 0.433. The third-order valence-corrected chi connectivity index (χ3v) is 5.23. The maximum atomic E-state index is 12.8. The Hall–Kier alpha value is -1.97. The molecule has 1 nitrogen and oxygen atoms in total. The molecule has 0 saturated carbocycles. The molecule has 0 aliphatic rings. The number of carbonyl (C=O) groups is 1. The van der Waals surface area contributed by atoms with E-state index in [0.717, 1.165) is 25.8 Å². The van der Waals surface area contributed by atoms with E-state index in [1.807, 2.05) is 66.9 Å². The first-order valence-electron chi connectivity index (χ1n) is 7.28. The second-order valence-corrected chi connectivity index (χ2v) is 6.97. The molecule has 0 aliphatic carbocycles. The largest absolute Gasteiger partial charge is 0.289 e. The van der Waals surface area contributed by atoms with Crippen LogP contribution in [0.15, 0.2) is 93.5 Å². The lowest BCUT2D eigenvalue weighted by atomic mass is 10.0. The standard InChI is InChI=1S/C20H16OS2/c1-22-17-12-13-18(20(21)15-8-4-2-5-9-15)19(14-17)23-16-10-6-3-7-11-16/h2-14H,1H3. The van der Waals surface area contributed by atoms with Crippen molar-refractivity contribution >= 4 is 29.3 Å². The van der Waals surface area contributed by atoms with Gasteiger partial charge in [-0.05, 0) is 36.6 Å². The maximum absolute atomic E-state index is 12.8. The van der Waals surface area contributed by atoms with Crippen LogP contribution in [0, 0.1) is 0 Å². The number of hydrogen-bond donors (Lipinski definition) is 0. The zero-order valence-electron chi connectivity index (χ0n) is 12.7. The van der Waals surface area contributed by atoms with Crippen LogP contribution in [0.5, 0.6) is 0 Å². The molecule has 0 N–H and O–H groups in total. The molecule has 3 aromatic rings. The molecule has 0 bridgehead atoms. The van der Waals surface area contributed by atoms with Crippen molar-refractivity contribution < 1.29 is 4.79 Å². The molecule has 0 spiro atoms. The lowest BCUT2D eigenvalue weighted by Crippen LogP contribution is -2.03. The molecular weight excluding hydrogens is 320 g/mol. The predicted octanol–water partition coefficient (Wildman–Crippen LogP) is 5.79. The summed E-state index contributed by atoms with van der Waals surface area (Å²) in [5, 5.41) is 0. The smallest absolute Gasteiger partial charge is 0.194 e. The Balaban J connectivity index is 2.01. The van der Waals surface area contributed by atoms with Gasteiger partial charge in [0.05, 0.1) is 0 Å². The highest BCUT2D eigenvalue weighted by Gasteiger charge is 2.15. The molecule has 0 amide bonds. The summed E-state index contributed by atoms with van der Waals surface area (Å²) < 4.78 is 0. The molecule has 0 radical (unpaired) electrons. The number of carbonyl (C=O) groups excluding carboxylic acids is 1. The van der Waals surface area contributed by atoms with Gasteiger partial charge in [-0.2, -0.15) is 0 Å². The molecule has 0 aliphatic heterocycles. The topological polar surface area (TPSA) is 17.1 Å². The first-order chi connectivity index (χ1) is 11.3. The van der Waals surface area contributed by atoms with E-state index in [4.69, 9.17) is 0 Å². The van der Waals surface area contributed by atoms with Crippen molar-refractivity contribution in [2.24, 2.45) is 0 Å². The minimum absolute atomic E-state index is 0.0664. The Morgan fingerprint density at radius 3 is 2.09 bits per heavy atom. The minimum atomic E-state index is 0.0664. The normalized spacial score (nSPS) is 10.5. The van der Waals surface area contributed by atoms with Crippen molar-refractivity contribution in [2.45, 2.75) is 14.7 Å². The van der Waals surface area contributed by atoms with Crippen molar-refractivity contribution in [2.75, 3.05) is 6.26 Å². The summed E-state index contributed by atoms with van der Waals surface area (Å²) >= 11 is 3.32. The predicted molar refractivity (Wildman–Crippen MR) is 98.7 cm³/mol. The van der Waals surface area contributed by atoms with Gasteiger partial charge in [-0.3, -0.25) is 4.79 Å². The van der Waals surface area contributed by atoms with Gasteiger partial charge in [0.25, 0.3) is 0 Å². The van der Waals surface area contributed by atoms with Gasteiger partial charge in [0.2, 0.25) is 0 Å². The minimum Gasteiger partial charge on any atom is -0.289 e. The molecule has 3 heteroatoms. The maximum Gasteiger partial charge on any atom is 0.194 e. The van der Waals surface area contributed by atoms with Crippen LogP contribution in [0.25, 0.3) is 0 Å². The van der Waals surface area contributed by atoms with Crippen molar-refractivity contribution in [1.29, 1.82) is 0 Å². The molecule has 0 aromatic heterocycles. The van der Waals surface area contributed by atoms with E-state index < -0.39 is 0 Å². The lowest BCUT2D eigenvalue weighted by molar-refractivity contribution is 0.103. The average molecular weight is 336 g/mol. The zero-order valence-corrected chi connectivity index (χ0v) is 14.4. The zero-order chi connectivity index (χ0) is 16.1. The summed E-state index contributed by atoms with van der Waals surface area (Å²) in [6.07, 6.45) is 2.05. The van der Waals surface area contributed by atoms with Crippen LogP contribution in [0.2, 0.25) is 0 Å². The average Bonchev–Trinajstić information content (AvgIpc) is 2.62. The molecule has 0 unspecified atom stereocenters. The van der Waals surface area contributed by atoms with Crippen LogP contribution in [0.4, 0.5) is 0 Å². The third-order valence-electron chi connectivity index (χ3n) is 3.44. The van der Waals surface area contributed by atoms with E-state index in [2.05, 4.69) is 18.2 Å². The van der Waals surface area contributed by atoms with Crippen molar-refractivity contribution in [1.82, 2.24) is 0 Å². The second kappa shape index (κ2) is 7.53. The summed E-state index contributed by atoms with van der Waals surface area (Å²) in [6.45, 7) is 0. The first kappa shape index (κ1) is 15.9. The van der Waals surface area contributed by atoms with Gasteiger partial charge in [0, 0.05) is 25.8 Å². The summed E-state index contributed by atoms with van der Waals surface area (Å²) in [7, 11) is 0. The first-order valence-corrected chi connectivity index (χ1v) is 9.33. The molecule has 0 atom stereocenters. The fraction of sp³-hybridized carbons (Fsp3) is 0.0500. The van der Waals surface area contributed by atoms with E-state index in [1.54, 1.807) is 23.5 Å². The molecule has 3 rings (SSSR count). The van der Waals surface area contributed by atoms with Gasteiger partial charge in [-0.15, -0.1) is 11.8 Å². The third kappa shape index (κ3) is 3.87.